The second kappa shape index (κ2) is 7.60. The van der Waals surface area contributed by atoms with Gasteiger partial charge in [0.1, 0.15) is 12.2 Å². The highest BCUT2D eigenvalue weighted by molar-refractivity contribution is 5.96. The monoisotopic (exact) mass is 234 g/mol. The Hall–Kier alpha value is -1.64. The van der Waals surface area contributed by atoms with E-state index in [-0.39, 0.29) is 12.2 Å². The van der Waals surface area contributed by atoms with Crippen molar-refractivity contribution < 1.29 is 14.3 Å². The molecule has 0 radical (unpaired) electrons. The lowest BCUT2D eigenvalue weighted by Crippen LogP contribution is -2.13. The predicted molar refractivity (Wildman–Crippen MR) is 65.6 cm³/mol. The highest BCUT2D eigenvalue weighted by Gasteiger charge is 2.10. The summed E-state index contributed by atoms with van der Waals surface area (Å²) in [5, 5.41) is 0. The lowest BCUT2D eigenvalue weighted by molar-refractivity contribution is -0.146. The van der Waals surface area contributed by atoms with Gasteiger partial charge < -0.3 is 4.74 Å². The maximum absolute atomic E-state index is 11.6. The Morgan fingerprint density at radius 3 is 2.53 bits per heavy atom. The molecule has 0 aliphatic carbocycles. The molecule has 0 N–H and O–H groups in total. The molecular weight excluding hydrogens is 216 g/mol. The van der Waals surface area contributed by atoms with Gasteiger partial charge in [-0.1, -0.05) is 43.7 Å². The number of ether oxygens (including phenoxy) is 1. The molecule has 0 saturated heterocycles. The smallest absolute Gasteiger partial charge is 0.313 e. The minimum Gasteiger partial charge on any atom is -0.465 e. The number of benzene rings is 1. The van der Waals surface area contributed by atoms with E-state index < -0.39 is 5.97 Å². The van der Waals surface area contributed by atoms with E-state index in [0.717, 1.165) is 18.4 Å². The second-order valence-corrected chi connectivity index (χ2v) is 3.95. The highest BCUT2D eigenvalue weighted by atomic mass is 16.5. The molecule has 0 aliphatic rings. The molecule has 3 nitrogen and oxygen atoms in total. The van der Waals surface area contributed by atoms with E-state index in [1.54, 1.807) is 0 Å². The van der Waals surface area contributed by atoms with E-state index in [4.69, 9.17) is 4.74 Å². The first-order valence-electron chi connectivity index (χ1n) is 5.93. The first kappa shape index (κ1) is 13.4. The molecule has 3 heteroatoms. The lowest BCUT2D eigenvalue weighted by atomic mass is 10.1. The molecule has 0 heterocycles. The third-order valence-electron chi connectivity index (χ3n) is 2.35. The van der Waals surface area contributed by atoms with Crippen molar-refractivity contribution in [2.45, 2.75) is 32.6 Å². The number of rotatable bonds is 7. The fourth-order valence-corrected chi connectivity index (χ4v) is 1.43. The van der Waals surface area contributed by atoms with Gasteiger partial charge in [0.15, 0.2) is 0 Å². The molecular formula is C14H18O3. The summed E-state index contributed by atoms with van der Waals surface area (Å²) in [6, 6.07) is 9.40. The lowest BCUT2D eigenvalue weighted by Gasteiger charge is -2.03. The summed E-state index contributed by atoms with van der Waals surface area (Å²) in [4.78, 5) is 22.8. The number of unbranched alkanes of at least 4 members (excludes halogenated alkanes) is 1. The molecule has 0 amide bonds. The van der Waals surface area contributed by atoms with Crippen molar-refractivity contribution in [2.75, 3.05) is 6.61 Å². The number of carbonyl (C=O) groups is 2. The van der Waals surface area contributed by atoms with E-state index in [9.17, 15) is 9.59 Å². The molecule has 0 aromatic heterocycles. The van der Waals surface area contributed by atoms with E-state index in [2.05, 4.69) is 0 Å². The van der Waals surface area contributed by atoms with Gasteiger partial charge in [-0.3, -0.25) is 9.59 Å². The molecule has 0 saturated carbocycles. The predicted octanol–water partition coefficient (Wildman–Crippen LogP) is 2.53. The summed E-state index contributed by atoms with van der Waals surface area (Å²) >= 11 is 0. The Morgan fingerprint density at radius 1 is 1.18 bits per heavy atom. The zero-order chi connectivity index (χ0) is 12.5. The highest BCUT2D eigenvalue weighted by Crippen LogP contribution is 2.03. The van der Waals surface area contributed by atoms with Crippen LogP contribution in [0.2, 0.25) is 0 Å². The number of ketones is 1. The van der Waals surface area contributed by atoms with Crippen molar-refractivity contribution in [3.63, 3.8) is 0 Å². The molecule has 0 atom stereocenters. The zero-order valence-electron chi connectivity index (χ0n) is 10.1. The van der Waals surface area contributed by atoms with Crippen LogP contribution in [0.25, 0.3) is 0 Å². The van der Waals surface area contributed by atoms with Crippen LogP contribution < -0.4 is 0 Å². The largest absolute Gasteiger partial charge is 0.465 e. The van der Waals surface area contributed by atoms with Crippen LogP contribution in [0.15, 0.2) is 30.3 Å². The van der Waals surface area contributed by atoms with Gasteiger partial charge in [0, 0.05) is 6.42 Å². The summed E-state index contributed by atoms with van der Waals surface area (Å²) in [5.74, 6) is -0.517. The Morgan fingerprint density at radius 2 is 1.88 bits per heavy atom. The normalized spacial score (nSPS) is 9.94. The van der Waals surface area contributed by atoms with Crippen LogP contribution in [0.5, 0.6) is 0 Å². The number of Topliss-reactive ketones (excluding diaryl/α,β-unsaturated/α-hetero) is 1. The van der Waals surface area contributed by atoms with Crippen LogP contribution in [0.3, 0.4) is 0 Å². The number of esters is 1. The Balaban J connectivity index is 2.27. The van der Waals surface area contributed by atoms with Crippen molar-refractivity contribution in [1.82, 2.24) is 0 Å². The van der Waals surface area contributed by atoms with Crippen molar-refractivity contribution in [3.8, 4) is 0 Å². The molecule has 92 valence electrons. The molecule has 1 aromatic carbocycles. The number of hydrogen-bond acceptors (Lipinski definition) is 3. The number of hydrogen-bond donors (Lipinski definition) is 0. The van der Waals surface area contributed by atoms with E-state index in [0.29, 0.717) is 13.0 Å². The third kappa shape index (κ3) is 5.85. The van der Waals surface area contributed by atoms with Gasteiger partial charge in [0.25, 0.3) is 0 Å². The average Bonchev–Trinajstić information content (AvgIpc) is 2.30. The second-order valence-electron chi connectivity index (χ2n) is 3.95. The fraction of sp³-hybridized carbons (Fsp3) is 0.429. The van der Waals surface area contributed by atoms with E-state index in [1.807, 2.05) is 37.3 Å². The van der Waals surface area contributed by atoms with Gasteiger partial charge in [-0.2, -0.15) is 0 Å². The summed E-state index contributed by atoms with van der Waals surface area (Å²) in [7, 11) is 0. The molecule has 0 spiro atoms. The topological polar surface area (TPSA) is 43.4 Å². The van der Waals surface area contributed by atoms with Gasteiger partial charge in [-0.15, -0.1) is 0 Å². The van der Waals surface area contributed by atoms with Crippen LogP contribution in [-0.2, 0) is 20.7 Å². The van der Waals surface area contributed by atoms with Gasteiger partial charge in [-0.05, 0) is 12.0 Å². The van der Waals surface area contributed by atoms with E-state index >= 15 is 0 Å². The van der Waals surface area contributed by atoms with Crippen molar-refractivity contribution in [2.24, 2.45) is 0 Å². The van der Waals surface area contributed by atoms with Gasteiger partial charge in [-0.25, -0.2) is 0 Å². The molecule has 0 aliphatic heterocycles. The third-order valence-corrected chi connectivity index (χ3v) is 2.35. The fourth-order valence-electron chi connectivity index (χ4n) is 1.43. The average molecular weight is 234 g/mol. The molecule has 17 heavy (non-hydrogen) atoms. The van der Waals surface area contributed by atoms with Crippen LogP contribution in [0, 0.1) is 0 Å². The number of carbonyl (C=O) groups excluding carboxylic acids is 2. The van der Waals surface area contributed by atoms with Crippen LogP contribution in [0.4, 0.5) is 0 Å². The summed E-state index contributed by atoms with van der Waals surface area (Å²) in [6.07, 6.45) is 1.99. The molecule has 0 unspecified atom stereocenters. The van der Waals surface area contributed by atoms with Crippen molar-refractivity contribution in [1.29, 1.82) is 0 Å². The van der Waals surface area contributed by atoms with Crippen molar-refractivity contribution >= 4 is 11.8 Å². The molecule has 1 rings (SSSR count). The minimum atomic E-state index is -0.417. The Labute approximate surface area is 102 Å². The first-order chi connectivity index (χ1) is 8.22. The van der Waals surface area contributed by atoms with Crippen molar-refractivity contribution in [3.05, 3.63) is 35.9 Å². The summed E-state index contributed by atoms with van der Waals surface area (Å²) in [6.45, 7) is 2.43. The van der Waals surface area contributed by atoms with Gasteiger partial charge >= 0.3 is 5.97 Å². The summed E-state index contributed by atoms with van der Waals surface area (Å²) < 4.78 is 4.93. The minimum absolute atomic E-state index is 0.0994. The van der Waals surface area contributed by atoms with Gasteiger partial charge in [0.05, 0.1) is 6.61 Å². The quantitative estimate of drug-likeness (QED) is 0.413. The van der Waals surface area contributed by atoms with Crippen LogP contribution >= 0.6 is 0 Å². The zero-order valence-corrected chi connectivity index (χ0v) is 10.1. The van der Waals surface area contributed by atoms with Crippen LogP contribution in [-0.4, -0.2) is 18.4 Å². The van der Waals surface area contributed by atoms with Gasteiger partial charge in [0.2, 0.25) is 0 Å². The standard InChI is InChI=1S/C14H18O3/c1-2-3-9-17-14(16)11-13(15)10-12-7-5-4-6-8-12/h4-8H,2-3,9-11H2,1H3. The summed E-state index contributed by atoms with van der Waals surface area (Å²) in [5.41, 5.74) is 0.929. The SMILES string of the molecule is CCCCOC(=O)CC(=O)Cc1ccccc1. The molecule has 0 fully saturated rings. The Bertz CT molecular complexity index is 357. The maximum atomic E-state index is 11.6. The first-order valence-corrected chi connectivity index (χ1v) is 5.93. The molecule has 1 aromatic rings. The maximum Gasteiger partial charge on any atom is 0.313 e. The molecule has 0 bridgehead atoms. The Kier molecular flexibility index (Phi) is 6.00. The van der Waals surface area contributed by atoms with E-state index in [1.165, 1.54) is 0 Å². The van der Waals surface area contributed by atoms with Crippen LogP contribution in [0.1, 0.15) is 31.7 Å².